The molecule has 0 aliphatic carbocycles. The third-order valence-corrected chi connectivity index (χ3v) is 6.46. The van der Waals surface area contributed by atoms with Crippen molar-refractivity contribution in [3.63, 3.8) is 0 Å². The van der Waals surface area contributed by atoms with E-state index < -0.39 is 29.7 Å². The van der Waals surface area contributed by atoms with Crippen LogP contribution in [-0.4, -0.2) is 43.7 Å². The van der Waals surface area contributed by atoms with Crippen molar-refractivity contribution in [1.82, 2.24) is 5.32 Å². The van der Waals surface area contributed by atoms with E-state index in [1.54, 1.807) is 24.3 Å². The lowest BCUT2D eigenvalue weighted by Gasteiger charge is -2.31. The summed E-state index contributed by atoms with van der Waals surface area (Å²) < 4.78 is 9.52. The lowest BCUT2D eigenvalue weighted by atomic mass is 9.78. The van der Waals surface area contributed by atoms with Crippen molar-refractivity contribution in [2.45, 2.75) is 12.8 Å². The van der Waals surface area contributed by atoms with Gasteiger partial charge in [-0.2, -0.15) is 5.26 Å². The summed E-state index contributed by atoms with van der Waals surface area (Å²) in [5.41, 5.74) is 2.40. The first-order chi connectivity index (χ1) is 16.8. The molecule has 1 aliphatic rings. The van der Waals surface area contributed by atoms with Crippen molar-refractivity contribution < 1.29 is 28.7 Å². The second kappa shape index (κ2) is 11.4. The number of nitriles is 1. The summed E-state index contributed by atoms with van der Waals surface area (Å²) in [6, 6.07) is 15.4. The van der Waals surface area contributed by atoms with Crippen LogP contribution >= 0.6 is 11.8 Å². The van der Waals surface area contributed by atoms with Crippen LogP contribution in [0, 0.1) is 24.2 Å². The lowest BCUT2D eigenvalue weighted by molar-refractivity contribution is -0.150. The number of esters is 2. The van der Waals surface area contributed by atoms with Gasteiger partial charge in [0.1, 0.15) is 5.92 Å². The number of carbonyl (C=O) groups is 4. The Balaban J connectivity index is 1.92. The Morgan fingerprint density at radius 3 is 2.37 bits per heavy atom. The Labute approximate surface area is 206 Å². The van der Waals surface area contributed by atoms with Gasteiger partial charge in [-0.25, -0.2) is 4.79 Å². The number of rotatable bonds is 7. The van der Waals surface area contributed by atoms with Crippen molar-refractivity contribution in [2.24, 2.45) is 5.92 Å². The van der Waals surface area contributed by atoms with Crippen LogP contribution in [0.2, 0.25) is 0 Å². The number of ether oxygens (including phenoxy) is 2. The fraction of sp³-hybridized carbons (Fsp3) is 0.240. The lowest BCUT2D eigenvalue weighted by Crippen LogP contribution is -2.44. The summed E-state index contributed by atoms with van der Waals surface area (Å²) >= 11 is 0.985. The van der Waals surface area contributed by atoms with Crippen molar-refractivity contribution in [2.75, 3.05) is 25.3 Å². The number of thioether (sulfide) groups is 1. The van der Waals surface area contributed by atoms with Crippen molar-refractivity contribution >= 4 is 41.2 Å². The number of methoxy groups -OCH3 is 2. The van der Waals surface area contributed by atoms with Gasteiger partial charge in [-0.3, -0.25) is 14.4 Å². The monoisotopic (exact) mass is 493 g/mol. The third kappa shape index (κ3) is 5.70. The first-order valence-electron chi connectivity index (χ1n) is 10.5. The van der Waals surface area contributed by atoms with E-state index in [0.29, 0.717) is 11.3 Å². The molecule has 0 unspecified atom stereocenters. The Kier molecular flexibility index (Phi) is 8.28. The van der Waals surface area contributed by atoms with E-state index in [9.17, 15) is 24.4 Å². The van der Waals surface area contributed by atoms with Crippen LogP contribution in [0.1, 0.15) is 27.4 Å². The van der Waals surface area contributed by atoms with Crippen LogP contribution in [0.4, 0.5) is 5.69 Å². The Bertz CT molecular complexity index is 1230. The zero-order chi connectivity index (χ0) is 25.5. The minimum Gasteiger partial charge on any atom is -0.468 e. The van der Waals surface area contributed by atoms with Crippen LogP contribution in [0.25, 0.3) is 0 Å². The molecule has 10 heteroatoms. The average Bonchev–Trinajstić information content (AvgIpc) is 2.87. The van der Waals surface area contributed by atoms with Gasteiger partial charge in [0, 0.05) is 11.6 Å². The minimum atomic E-state index is -1.32. The normalized spacial score (nSPS) is 17.1. The van der Waals surface area contributed by atoms with E-state index in [-0.39, 0.29) is 27.8 Å². The molecule has 2 atom stereocenters. The number of carbonyl (C=O) groups excluding carboxylic acids is 4. The Hall–Kier alpha value is -4.10. The Morgan fingerprint density at radius 2 is 1.77 bits per heavy atom. The molecule has 0 spiro atoms. The molecule has 1 aliphatic heterocycles. The highest BCUT2D eigenvalue weighted by Crippen LogP contribution is 2.40. The summed E-state index contributed by atoms with van der Waals surface area (Å²) in [6.07, 6.45) is 0. The molecule has 35 heavy (non-hydrogen) atoms. The third-order valence-electron chi connectivity index (χ3n) is 5.44. The number of nitrogens with zero attached hydrogens (tertiary/aromatic N) is 1. The standard InChI is InChI=1S/C25H23N3O6S/c1-14-6-4-5-7-18(14)27-19(29)13-35-23-17(12-26)20(21(22(30)28-23)25(32)34-3)15-8-10-16(11-9-15)24(31)33-2/h4-11,20-21H,13H2,1-3H3,(H,27,29)(H,28,30)/t20-,21-/m1/s1. The maximum atomic E-state index is 12.9. The Morgan fingerprint density at radius 1 is 1.09 bits per heavy atom. The molecule has 2 aromatic carbocycles. The van der Waals surface area contributed by atoms with Gasteiger partial charge in [-0.05, 0) is 36.2 Å². The van der Waals surface area contributed by atoms with E-state index in [1.807, 2.05) is 19.1 Å². The van der Waals surface area contributed by atoms with Gasteiger partial charge in [0.2, 0.25) is 11.8 Å². The van der Waals surface area contributed by atoms with Gasteiger partial charge >= 0.3 is 11.9 Å². The number of allylic oxidation sites excluding steroid dienone is 1. The van der Waals surface area contributed by atoms with Crippen LogP contribution < -0.4 is 10.6 Å². The maximum Gasteiger partial charge on any atom is 0.337 e. The highest BCUT2D eigenvalue weighted by atomic mass is 32.2. The van der Waals surface area contributed by atoms with Crippen molar-refractivity contribution in [3.8, 4) is 6.07 Å². The molecule has 3 rings (SSSR count). The number of anilines is 1. The number of benzene rings is 2. The summed E-state index contributed by atoms with van der Waals surface area (Å²) in [7, 11) is 2.41. The molecule has 1 heterocycles. The molecule has 0 saturated heterocycles. The van der Waals surface area contributed by atoms with E-state index in [0.717, 1.165) is 24.4 Å². The van der Waals surface area contributed by atoms with Gasteiger partial charge in [-0.1, -0.05) is 42.1 Å². The largest absolute Gasteiger partial charge is 0.468 e. The molecule has 0 saturated carbocycles. The fourth-order valence-electron chi connectivity index (χ4n) is 3.66. The summed E-state index contributed by atoms with van der Waals surface area (Å²) in [5, 5.41) is 15.5. The topological polar surface area (TPSA) is 135 Å². The summed E-state index contributed by atoms with van der Waals surface area (Å²) in [6.45, 7) is 1.86. The number of aryl methyl sites for hydroxylation is 1. The molecule has 0 fully saturated rings. The van der Waals surface area contributed by atoms with Gasteiger partial charge in [-0.15, -0.1) is 0 Å². The first-order valence-corrected chi connectivity index (χ1v) is 11.5. The predicted molar refractivity (Wildman–Crippen MR) is 129 cm³/mol. The quantitative estimate of drug-likeness (QED) is 0.444. The molecule has 0 bridgehead atoms. The number of nitrogens with one attached hydrogen (secondary N) is 2. The molecule has 0 aromatic heterocycles. The number of hydrogen-bond donors (Lipinski definition) is 2. The van der Waals surface area contributed by atoms with Crippen LogP contribution in [0.5, 0.6) is 0 Å². The zero-order valence-corrected chi connectivity index (χ0v) is 20.1. The molecule has 180 valence electrons. The van der Waals surface area contributed by atoms with Crippen LogP contribution in [0.3, 0.4) is 0 Å². The zero-order valence-electron chi connectivity index (χ0n) is 19.3. The average molecular weight is 494 g/mol. The van der Waals surface area contributed by atoms with E-state index in [1.165, 1.54) is 19.2 Å². The van der Waals surface area contributed by atoms with E-state index in [2.05, 4.69) is 16.7 Å². The van der Waals surface area contributed by atoms with E-state index in [4.69, 9.17) is 9.47 Å². The van der Waals surface area contributed by atoms with Gasteiger partial charge < -0.3 is 20.1 Å². The van der Waals surface area contributed by atoms with Gasteiger partial charge in [0.25, 0.3) is 0 Å². The smallest absolute Gasteiger partial charge is 0.337 e. The highest BCUT2D eigenvalue weighted by Gasteiger charge is 2.44. The first kappa shape index (κ1) is 25.5. The molecule has 2 amide bonds. The predicted octanol–water partition coefficient (Wildman–Crippen LogP) is 2.89. The minimum absolute atomic E-state index is 0.0774. The summed E-state index contributed by atoms with van der Waals surface area (Å²) in [5.74, 6) is -4.68. The number of para-hydroxylation sites is 1. The summed E-state index contributed by atoms with van der Waals surface area (Å²) in [4.78, 5) is 49.7. The molecule has 2 aromatic rings. The second-order valence-electron chi connectivity index (χ2n) is 7.59. The fourth-order valence-corrected chi connectivity index (χ4v) is 4.51. The number of amides is 2. The van der Waals surface area contributed by atoms with Crippen LogP contribution in [0.15, 0.2) is 59.1 Å². The maximum absolute atomic E-state index is 12.9. The molecular weight excluding hydrogens is 470 g/mol. The van der Waals surface area contributed by atoms with Crippen LogP contribution in [-0.2, 0) is 23.9 Å². The second-order valence-corrected chi connectivity index (χ2v) is 8.57. The molecule has 9 nitrogen and oxygen atoms in total. The van der Waals surface area contributed by atoms with Gasteiger partial charge in [0.15, 0.2) is 0 Å². The molecule has 0 radical (unpaired) electrons. The van der Waals surface area contributed by atoms with Crippen molar-refractivity contribution in [3.05, 3.63) is 75.8 Å². The highest BCUT2D eigenvalue weighted by molar-refractivity contribution is 8.03. The van der Waals surface area contributed by atoms with Crippen molar-refractivity contribution in [1.29, 1.82) is 5.26 Å². The molecular formula is C25H23N3O6S. The number of hydrogen-bond acceptors (Lipinski definition) is 8. The van der Waals surface area contributed by atoms with E-state index >= 15 is 0 Å². The SMILES string of the molecule is COC(=O)c1ccc([C@@H]2C(C#N)=C(SCC(=O)Nc3ccccc3C)NC(=O)[C@@H]2C(=O)OC)cc1. The molecule has 2 N–H and O–H groups in total. The van der Waals surface area contributed by atoms with Gasteiger partial charge in [0.05, 0.1) is 42.2 Å².